The molecule has 0 fully saturated rings. The summed E-state index contributed by atoms with van der Waals surface area (Å²) >= 11 is 5.97. The molecule has 4 nitrogen and oxygen atoms in total. The number of aliphatic hydroxyl groups excluding tert-OH is 1. The number of nitrogens with one attached hydrogen (secondary N) is 1. The monoisotopic (exact) mass is 309 g/mol. The first-order valence-electron chi connectivity index (χ1n) is 5.75. The van der Waals surface area contributed by atoms with Crippen molar-refractivity contribution in [2.45, 2.75) is 12.7 Å². The summed E-state index contributed by atoms with van der Waals surface area (Å²) in [6.45, 7) is -1.65. The van der Waals surface area contributed by atoms with Crippen LogP contribution in [0.2, 0.25) is 5.02 Å². The number of nitrogens with zero attached hydrogens (tertiary/aromatic N) is 1. The van der Waals surface area contributed by atoms with Crippen LogP contribution in [-0.4, -0.2) is 41.7 Å². The molecule has 1 aromatic rings. The van der Waals surface area contributed by atoms with Crippen LogP contribution < -0.4 is 5.73 Å². The van der Waals surface area contributed by atoms with Crippen LogP contribution in [0.1, 0.15) is 11.1 Å². The molecular weight excluding hydrogens is 295 g/mol. The number of hydrogen-bond donors (Lipinski definition) is 3. The van der Waals surface area contributed by atoms with E-state index in [1.54, 1.807) is 0 Å². The zero-order chi connectivity index (χ0) is 15.3. The van der Waals surface area contributed by atoms with E-state index in [1.807, 2.05) is 0 Å². The highest BCUT2D eigenvalue weighted by Gasteiger charge is 2.30. The molecule has 0 amide bonds. The van der Waals surface area contributed by atoms with Gasteiger partial charge in [0, 0.05) is 23.7 Å². The fourth-order valence-corrected chi connectivity index (χ4v) is 1.93. The van der Waals surface area contributed by atoms with Crippen molar-refractivity contribution in [3.05, 3.63) is 34.3 Å². The van der Waals surface area contributed by atoms with Crippen LogP contribution in [0.5, 0.6) is 0 Å². The Morgan fingerprint density at radius 2 is 2.05 bits per heavy atom. The molecular formula is C12H15ClF3N3O. The van der Waals surface area contributed by atoms with E-state index in [9.17, 15) is 13.2 Å². The van der Waals surface area contributed by atoms with Crippen LogP contribution >= 0.6 is 11.6 Å². The van der Waals surface area contributed by atoms with Gasteiger partial charge in [-0.2, -0.15) is 13.2 Å². The second-order valence-electron chi connectivity index (χ2n) is 4.27. The molecule has 0 spiro atoms. The highest BCUT2D eigenvalue weighted by Crippen LogP contribution is 2.22. The summed E-state index contributed by atoms with van der Waals surface area (Å²) in [7, 11) is 0. The van der Waals surface area contributed by atoms with Crippen molar-refractivity contribution in [3.8, 4) is 0 Å². The van der Waals surface area contributed by atoms with Crippen LogP contribution in [0.15, 0.2) is 18.2 Å². The van der Waals surface area contributed by atoms with Crippen LogP contribution in [0, 0.1) is 5.41 Å². The summed E-state index contributed by atoms with van der Waals surface area (Å²) in [5, 5.41) is 16.3. The molecule has 0 saturated carbocycles. The zero-order valence-corrected chi connectivity index (χ0v) is 11.3. The van der Waals surface area contributed by atoms with Gasteiger partial charge in [-0.1, -0.05) is 23.7 Å². The average Bonchev–Trinajstić information content (AvgIpc) is 2.29. The third kappa shape index (κ3) is 5.36. The van der Waals surface area contributed by atoms with Crippen molar-refractivity contribution >= 4 is 17.4 Å². The second kappa shape index (κ2) is 6.92. The molecule has 0 radical (unpaired) electrons. The lowest BCUT2D eigenvalue weighted by Gasteiger charge is -2.23. The van der Waals surface area contributed by atoms with E-state index in [0.717, 1.165) is 4.90 Å². The molecule has 0 bridgehead atoms. The number of halogens is 4. The van der Waals surface area contributed by atoms with Gasteiger partial charge in [-0.3, -0.25) is 10.3 Å². The number of nitrogens with two attached hydrogens (primary N) is 1. The molecule has 0 aromatic heterocycles. The second-order valence-corrected chi connectivity index (χ2v) is 4.68. The first kappa shape index (κ1) is 16.7. The molecule has 0 aliphatic carbocycles. The minimum atomic E-state index is -4.35. The van der Waals surface area contributed by atoms with Gasteiger partial charge in [-0.15, -0.1) is 0 Å². The fraction of sp³-hybridized carbons (Fsp3) is 0.417. The summed E-state index contributed by atoms with van der Waals surface area (Å²) in [4.78, 5) is 1.05. The quantitative estimate of drug-likeness (QED) is 0.556. The molecule has 0 aliphatic heterocycles. The Kier molecular flexibility index (Phi) is 5.79. The van der Waals surface area contributed by atoms with Crippen LogP contribution in [0.25, 0.3) is 0 Å². The lowest BCUT2D eigenvalue weighted by molar-refractivity contribution is -0.147. The van der Waals surface area contributed by atoms with E-state index < -0.39 is 12.7 Å². The Morgan fingerprint density at radius 3 is 2.50 bits per heavy atom. The van der Waals surface area contributed by atoms with Crippen molar-refractivity contribution in [2.75, 3.05) is 19.7 Å². The van der Waals surface area contributed by atoms with E-state index in [4.69, 9.17) is 27.9 Å². The molecule has 0 saturated heterocycles. The normalized spacial score (nSPS) is 11.9. The number of rotatable bonds is 6. The summed E-state index contributed by atoms with van der Waals surface area (Å²) in [5.74, 6) is -0.166. The van der Waals surface area contributed by atoms with Gasteiger partial charge in [0.05, 0.1) is 13.2 Å². The molecule has 4 N–H and O–H groups in total. The SMILES string of the molecule is N=C(N)c1ccc(CN(CCO)CC(F)(F)F)c(Cl)c1. The molecule has 1 rings (SSSR count). The number of hydrogen-bond acceptors (Lipinski definition) is 3. The number of alkyl halides is 3. The highest BCUT2D eigenvalue weighted by atomic mass is 35.5. The van der Waals surface area contributed by atoms with Gasteiger partial charge in [0.1, 0.15) is 5.84 Å². The van der Waals surface area contributed by atoms with Gasteiger partial charge in [0.2, 0.25) is 0 Å². The Balaban J connectivity index is 2.85. The van der Waals surface area contributed by atoms with Gasteiger partial charge < -0.3 is 10.8 Å². The molecule has 0 unspecified atom stereocenters. The summed E-state index contributed by atoms with van der Waals surface area (Å²) < 4.78 is 37.2. The van der Waals surface area contributed by atoms with E-state index in [-0.39, 0.29) is 30.6 Å². The molecule has 1 aromatic carbocycles. The predicted octanol–water partition coefficient (Wildman–Crippen LogP) is 1.98. The maximum atomic E-state index is 12.4. The van der Waals surface area contributed by atoms with E-state index in [0.29, 0.717) is 11.1 Å². The molecule has 8 heteroatoms. The van der Waals surface area contributed by atoms with Crippen LogP contribution in [0.3, 0.4) is 0 Å². The number of benzene rings is 1. The lowest BCUT2D eigenvalue weighted by atomic mass is 10.1. The largest absolute Gasteiger partial charge is 0.401 e. The summed E-state index contributed by atoms with van der Waals surface area (Å²) in [5.41, 5.74) is 6.18. The number of amidine groups is 1. The van der Waals surface area contributed by atoms with E-state index in [2.05, 4.69) is 0 Å². The summed E-state index contributed by atoms with van der Waals surface area (Å²) in [6, 6.07) is 4.48. The Morgan fingerprint density at radius 1 is 1.40 bits per heavy atom. The predicted molar refractivity (Wildman–Crippen MR) is 70.9 cm³/mol. The first-order chi connectivity index (χ1) is 9.23. The minimum absolute atomic E-state index is 0.0446. The molecule has 0 aliphatic rings. The standard InChI is InChI=1S/C12H15ClF3N3O/c13-10-5-8(11(17)18)1-2-9(10)6-19(3-4-20)7-12(14,15)16/h1-2,5,20H,3-4,6-7H2,(H3,17,18). The molecule has 0 atom stereocenters. The van der Waals surface area contributed by atoms with Gasteiger partial charge in [0.15, 0.2) is 0 Å². The Labute approximate surface area is 119 Å². The third-order valence-corrected chi connectivity index (χ3v) is 2.93. The molecule has 20 heavy (non-hydrogen) atoms. The molecule has 112 valence electrons. The van der Waals surface area contributed by atoms with Gasteiger partial charge in [-0.25, -0.2) is 0 Å². The highest BCUT2D eigenvalue weighted by molar-refractivity contribution is 6.31. The average molecular weight is 310 g/mol. The number of nitrogen functional groups attached to an aromatic ring is 1. The maximum Gasteiger partial charge on any atom is 0.401 e. The van der Waals surface area contributed by atoms with Crippen molar-refractivity contribution in [3.63, 3.8) is 0 Å². The fourth-order valence-electron chi connectivity index (χ4n) is 1.69. The Hall–Kier alpha value is -1.31. The third-order valence-electron chi connectivity index (χ3n) is 2.58. The van der Waals surface area contributed by atoms with Gasteiger partial charge in [-0.05, 0) is 11.6 Å². The number of aliphatic hydroxyl groups is 1. The Bertz CT molecular complexity index is 480. The van der Waals surface area contributed by atoms with Crippen molar-refractivity contribution in [2.24, 2.45) is 5.73 Å². The van der Waals surface area contributed by atoms with Crippen molar-refractivity contribution in [1.82, 2.24) is 4.90 Å². The van der Waals surface area contributed by atoms with Crippen molar-refractivity contribution in [1.29, 1.82) is 5.41 Å². The van der Waals surface area contributed by atoms with Crippen molar-refractivity contribution < 1.29 is 18.3 Å². The zero-order valence-electron chi connectivity index (χ0n) is 10.5. The smallest absolute Gasteiger partial charge is 0.395 e. The summed E-state index contributed by atoms with van der Waals surface area (Å²) in [6.07, 6.45) is -4.35. The first-order valence-corrected chi connectivity index (χ1v) is 6.13. The maximum absolute atomic E-state index is 12.4. The minimum Gasteiger partial charge on any atom is -0.395 e. The van der Waals surface area contributed by atoms with Gasteiger partial charge in [0.25, 0.3) is 0 Å². The van der Waals surface area contributed by atoms with Crippen LogP contribution in [-0.2, 0) is 6.54 Å². The lowest BCUT2D eigenvalue weighted by Crippen LogP contribution is -2.35. The topological polar surface area (TPSA) is 73.3 Å². The van der Waals surface area contributed by atoms with Crippen LogP contribution in [0.4, 0.5) is 13.2 Å². The molecule has 0 heterocycles. The van der Waals surface area contributed by atoms with E-state index >= 15 is 0 Å². The van der Waals surface area contributed by atoms with E-state index in [1.165, 1.54) is 18.2 Å². The van der Waals surface area contributed by atoms with Gasteiger partial charge >= 0.3 is 6.18 Å².